The molecule has 9 rings (SSSR count). The Kier molecular flexibility index (Phi) is 20.0. The second-order valence-corrected chi connectivity index (χ2v) is 27.7. The predicted octanol–water partition coefficient (Wildman–Crippen LogP) is 11.9. The molecule has 4 fully saturated rings. The third kappa shape index (κ3) is 14.4. The Bertz CT molecular complexity index is 2470. The molecule has 4 aliphatic rings. The van der Waals surface area contributed by atoms with Gasteiger partial charge in [0.05, 0.1) is 52.4 Å². The summed E-state index contributed by atoms with van der Waals surface area (Å²) in [6.07, 6.45) is -9.37. The van der Waals surface area contributed by atoms with Gasteiger partial charge in [-0.05, 0) is 65.2 Å². The first-order valence-electron chi connectivity index (χ1n) is 27.8. The topological polar surface area (TPSA) is 120 Å². The summed E-state index contributed by atoms with van der Waals surface area (Å²) >= 11 is 0. The van der Waals surface area contributed by atoms with E-state index in [0.29, 0.717) is 29.8 Å². The summed E-state index contributed by atoms with van der Waals surface area (Å²) in [7, 11) is -2.44. The van der Waals surface area contributed by atoms with Gasteiger partial charge in [0.2, 0.25) is 8.32 Å². The van der Waals surface area contributed by atoms with Crippen LogP contribution < -0.4 is 0 Å². The Morgan fingerprint density at radius 2 is 0.766 bits per heavy atom. The van der Waals surface area contributed by atoms with Crippen molar-refractivity contribution in [2.75, 3.05) is 13.2 Å². The first-order valence-corrected chi connectivity index (χ1v) is 29.9. The van der Waals surface area contributed by atoms with Crippen LogP contribution in [-0.2, 0) is 94.3 Å². The van der Waals surface area contributed by atoms with Crippen LogP contribution >= 0.6 is 0 Å². The van der Waals surface area contributed by atoms with Crippen molar-refractivity contribution in [3.8, 4) is 0 Å². The molecule has 13 nitrogen and oxygen atoms in total. The summed E-state index contributed by atoms with van der Waals surface area (Å²) in [5, 5.41) is 0. The summed E-state index contributed by atoms with van der Waals surface area (Å²) in [4.78, 5) is 0. The molecule has 14 heteroatoms. The van der Waals surface area contributed by atoms with Crippen LogP contribution in [0.4, 0.5) is 0 Å². The molecule has 0 bridgehead atoms. The molecule has 0 spiro atoms. The largest absolute Gasteiger partial charge is 0.389 e. The van der Waals surface area contributed by atoms with E-state index in [9.17, 15) is 0 Å². The van der Waals surface area contributed by atoms with Crippen LogP contribution in [0.2, 0.25) is 16.6 Å². The molecule has 13 atom stereocenters. The van der Waals surface area contributed by atoms with Crippen molar-refractivity contribution in [2.24, 2.45) is 0 Å². The number of benzene rings is 5. The van der Waals surface area contributed by atoms with E-state index in [1.54, 1.807) is 0 Å². The van der Waals surface area contributed by atoms with E-state index < -0.39 is 94.0 Å². The van der Waals surface area contributed by atoms with Crippen LogP contribution in [0.5, 0.6) is 0 Å². The summed E-state index contributed by atoms with van der Waals surface area (Å²) in [6.45, 7) is 21.2. The Morgan fingerprint density at radius 3 is 1.17 bits per heavy atom. The maximum absolute atomic E-state index is 7.44. The van der Waals surface area contributed by atoms with Crippen molar-refractivity contribution < 1.29 is 61.3 Å². The molecule has 0 N–H and O–H groups in total. The molecule has 5 aromatic carbocycles. The molecule has 77 heavy (non-hydrogen) atoms. The van der Waals surface area contributed by atoms with Crippen molar-refractivity contribution >= 4 is 8.32 Å². The minimum Gasteiger partial charge on any atom is -0.389 e. The number of hydrogen-bond donors (Lipinski definition) is 0. The molecule has 4 heterocycles. The molecule has 416 valence electrons. The Morgan fingerprint density at radius 1 is 0.429 bits per heavy atom. The molecular weight excluding hydrogens is 993 g/mol. The van der Waals surface area contributed by atoms with Gasteiger partial charge in [0.25, 0.3) is 0 Å². The van der Waals surface area contributed by atoms with Gasteiger partial charge in [-0.1, -0.05) is 193 Å². The average molecular weight is 1080 g/mol. The zero-order valence-corrected chi connectivity index (χ0v) is 47.4. The standard InChI is InChI=1S/C63H82O13Si/c1-42(2)77(43(3)4,44(5)6)76-62-59-56(74-63(8,9)75-59)53(45(7)71-62)72-61-58(68-39-50-33-23-14-24-34-50)55(52(41-70-61)65-36-47-27-17-11-18-28-47)73-60-57(67-38-49-31-21-13-22-32-49)54(66-37-48-29-19-12-20-30-48)51(40-69-60)64-35-46-25-15-10-16-26-46/h10-34,42-45,51-62H,35-41H2,1-9H3/t45-,51-,52-,53+,54?,55?,56?,57?,58?,59?,60+,61+,62+/m1/s1. The van der Waals surface area contributed by atoms with E-state index in [-0.39, 0.29) is 33.0 Å². The van der Waals surface area contributed by atoms with E-state index in [4.69, 9.17) is 61.3 Å². The van der Waals surface area contributed by atoms with Crippen molar-refractivity contribution in [1.29, 1.82) is 0 Å². The second kappa shape index (κ2) is 26.8. The molecule has 0 radical (unpaired) electrons. The smallest absolute Gasteiger partial charge is 0.203 e. The van der Waals surface area contributed by atoms with E-state index in [0.717, 1.165) is 27.8 Å². The first-order chi connectivity index (χ1) is 37.3. The van der Waals surface area contributed by atoms with Gasteiger partial charge in [-0.2, -0.15) is 0 Å². The highest BCUT2D eigenvalue weighted by Crippen LogP contribution is 2.47. The van der Waals surface area contributed by atoms with Crippen molar-refractivity contribution in [2.45, 2.75) is 198 Å². The maximum atomic E-state index is 7.44. The van der Waals surface area contributed by atoms with E-state index in [1.807, 2.05) is 172 Å². The fourth-order valence-electron chi connectivity index (χ4n) is 11.7. The normalized spacial score (nSPS) is 29.5. The molecule has 5 aromatic rings. The minimum absolute atomic E-state index is 0.0995. The number of ether oxygens (including phenoxy) is 12. The lowest BCUT2D eigenvalue weighted by molar-refractivity contribution is -0.367. The van der Waals surface area contributed by atoms with Gasteiger partial charge in [-0.3, -0.25) is 0 Å². The molecule has 0 amide bonds. The van der Waals surface area contributed by atoms with Gasteiger partial charge >= 0.3 is 0 Å². The van der Waals surface area contributed by atoms with Gasteiger partial charge in [0.15, 0.2) is 24.7 Å². The predicted molar refractivity (Wildman–Crippen MR) is 295 cm³/mol. The average Bonchev–Trinajstić information content (AvgIpc) is 3.88. The maximum Gasteiger partial charge on any atom is 0.203 e. The van der Waals surface area contributed by atoms with Crippen LogP contribution in [0.3, 0.4) is 0 Å². The summed E-state index contributed by atoms with van der Waals surface area (Å²) in [5.41, 5.74) is 5.95. The van der Waals surface area contributed by atoms with Crippen molar-refractivity contribution in [1.82, 2.24) is 0 Å². The molecule has 4 saturated heterocycles. The molecule has 6 unspecified atom stereocenters. The molecular formula is C63H82O13Si. The third-order valence-electron chi connectivity index (χ3n) is 15.4. The van der Waals surface area contributed by atoms with Gasteiger partial charge in [-0.15, -0.1) is 0 Å². The monoisotopic (exact) mass is 1070 g/mol. The number of fused-ring (bicyclic) bond motifs is 1. The fraction of sp³-hybridized carbons (Fsp3) is 0.524. The van der Waals surface area contributed by atoms with E-state index in [1.165, 1.54) is 0 Å². The molecule has 4 aliphatic heterocycles. The van der Waals surface area contributed by atoms with E-state index >= 15 is 0 Å². The molecule has 0 saturated carbocycles. The van der Waals surface area contributed by atoms with Gasteiger partial charge in [0, 0.05) is 0 Å². The van der Waals surface area contributed by atoms with Crippen molar-refractivity contribution in [3.63, 3.8) is 0 Å². The summed E-state index contributed by atoms with van der Waals surface area (Å²) in [6, 6.07) is 50.4. The summed E-state index contributed by atoms with van der Waals surface area (Å²) < 4.78 is 90.9. The zero-order chi connectivity index (χ0) is 53.9. The lowest BCUT2D eigenvalue weighted by Crippen LogP contribution is -2.65. The van der Waals surface area contributed by atoms with Crippen LogP contribution in [0.15, 0.2) is 152 Å². The zero-order valence-electron chi connectivity index (χ0n) is 46.4. The van der Waals surface area contributed by atoms with Gasteiger partial charge in [0.1, 0.15) is 54.9 Å². The molecule has 0 aromatic heterocycles. The third-order valence-corrected chi connectivity index (χ3v) is 21.5. The highest BCUT2D eigenvalue weighted by molar-refractivity contribution is 6.77. The quantitative estimate of drug-likeness (QED) is 0.0546. The molecule has 0 aliphatic carbocycles. The highest BCUT2D eigenvalue weighted by atomic mass is 28.4. The fourth-order valence-corrected chi connectivity index (χ4v) is 17.1. The Balaban J connectivity index is 1.06. The minimum atomic E-state index is -2.44. The van der Waals surface area contributed by atoms with Gasteiger partial charge < -0.3 is 61.3 Å². The lowest BCUT2D eigenvalue weighted by Gasteiger charge is -2.50. The highest BCUT2D eigenvalue weighted by Gasteiger charge is 2.60. The Labute approximate surface area is 458 Å². The van der Waals surface area contributed by atoms with Crippen LogP contribution in [0.1, 0.15) is 90.1 Å². The van der Waals surface area contributed by atoms with Crippen LogP contribution in [0, 0.1) is 0 Å². The van der Waals surface area contributed by atoms with Crippen LogP contribution in [0.25, 0.3) is 0 Å². The summed E-state index contributed by atoms with van der Waals surface area (Å²) in [5.74, 6) is -0.947. The SMILES string of the molecule is CC(C)[Si](O[C@@H]1O[C@H](C)[C@H](O[C@@H]2OC[C@@H](OCc3ccccc3)C(O[C@@H]3OC[C@@H](OCc4ccccc4)C(OCc4ccccc4)C3OCc3ccccc3)C2OCc2ccccc2)C2OC(C)(C)OC21)(C(C)C)C(C)C. The second-order valence-electron chi connectivity index (χ2n) is 22.3. The number of hydrogen-bond acceptors (Lipinski definition) is 13. The lowest BCUT2D eigenvalue weighted by atomic mass is 9.98. The Hall–Kier alpha value is -4.20. The first kappa shape index (κ1) is 57.5. The van der Waals surface area contributed by atoms with E-state index in [2.05, 4.69) is 41.5 Å². The van der Waals surface area contributed by atoms with Crippen molar-refractivity contribution in [3.05, 3.63) is 179 Å². The van der Waals surface area contributed by atoms with Gasteiger partial charge in [-0.25, -0.2) is 0 Å². The van der Waals surface area contributed by atoms with Crippen LogP contribution in [-0.4, -0.2) is 107 Å². The number of rotatable bonds is 24.